The highest BCUT2D eigenvalue weighted by Gasteiger charge is 2.06. The van der Waals surface area contributed by atoms with E-state index < -0.39 is 0 Å². The lowest BCUT2D eigenvalue weighted by Gasteiger charge is -2.06. The molecule has 0 fully saturated rings. The van der Waals surface area contributed by atoms with Crippen molar-refractivity contribution in [2.45, 2.75) is 26.0 Å². The molecule has 0 amide bonds. The van der Waals surface area contributed by atoms with Gasteiger partial charge in [0.05, 0.1) is 5.70 Å². The Morgan fingerprint density at radius 3 is 2.85 bits per heavy atom. The third kappa shape index (κ3) is 2.84. The van der Waals surface area contributed by atoms with Gasteiger partial charge in [-0.2, -0.15) is 0 Å². The Kier molecular flexibility index (Phi) is 3.48. The Bertz CT molecular complexity index is 300. The Hall–Kier alpha value is -0.830. The molecule has 3 heteroatoms. The molecule has 0 N–H and O–H groups in total. The van der Waals surface area contributed by atoms with Gasteiger partial charge in [0.2, 0.25) is 0 Å². The number of hydrogen-bond donors (Lipinski definition) is 0. The highest BCUT2D eigenvalue weighted by molar-refractivity contribution is 8.03. The molecule has 0 spiro atoms. The Labute approximate surface area is 83.6 Å². The molecule has 0 bridgehead atoms. The van der Waals surface area contributed by atoms with Crippen LogP contribution in [0, 0.1) is 0 Å². The quantitative estimate of drug-likeness (QED) is 0.581. The molecule has 0 saturated carbocycles. The van der Waals surface area contributed by atoms with Gasteiger partial charge in [0.15, 0.2) is 0 Å². The maximum atomic E-state index is 4.22. The van der Waals surface area contributed by atoms with Crippen molar-refractivity contribution in [3.8, 4) is 0 Å². The van der Waals surface area contributed by atoms with Crippen LogP contribution in [-0.4, -0.2) is 17.3 Å². The van der Waals surface area contributed by atoms with Crippen LogP contribution in [0.1, 0.15) is 20.8 Å². The number of aliphatic imine (C=N–C) groups is 2. The second kappa shape index (κ2) is 4.42. The molecule has 1 rings (SSSR count). The number of allylic oxidation sites excluding steroid dienone is 1. The maximum Gasteiger partial charge on any atom is 0.115 e. The van der Waals surface area contributed by atoms with E-state index in [9.17, 15) is 0 Å². The van der Waals surface area contributed by atoms with Gasteiger partial charge >= 0.3 is 0 Å². The van der Waals surface area contributed by atoms with Crippen molar-refractivity contribution in [3.63, 3.8) is 0 Å². The summed E-state index contributed by atoms with van der Waals surface area (Å²) in [5.41, 5.74) is 2.99. The fourth-order valence-corrected chi connectivity index (χ4v) is 1.57. The van der Waals surface area contributed by atoms with E-state index in [0.717, 1.165) is 17.0 Å². The highest BCUT2D eigenvalue weighted by Crippen LogP contribution is 2.20. The van der Waals surface area contributed by atoms with Crippen LogP contribution < -0.4 is 0 Å². The minimum absolute atomic E-state index is 0.410. The van der Waals surface area contributed by atoms with Crippen LogP contribution in [0.4, 0.5) is 0 Å². The third-order valence-electron chi connectivity index (χ3n) is 1.97. The number of thioether (sulfide) groups is 1. The Morgan fingerprint density at radius 1 is 1.46 bits per heavy atom. The second-order valence-corrected chi connectivity index (χ2v) is 4.26. The van der Waals surface area contributed by atoms with Gasteiger partial charge in [-0.1, -0.05) is 6.58 Å². The normalized spacial score (nSPS) is 34.7. The van der Waals surface area contributed by atoms with Gasteiger partial charge in [-0.15, -0.1) is 11.8 Å². The molecule has 2 nitrogen and oxygen atoms in total. The monoisotopic (exact) mass is 194 g/mol. The summed E-state index contributed by atoms with van der Waals surface area (Å²) in [6.45, 7) is 10.0. The lowest BCUT2D eigenvalue weighted by atomic mass is 10.3. The van der Waals surface area contributed by atoms with Crippen molar-refractivity contribution in [1.29, 1.82) is 0 Å². The van der Waals surface area contributed by atoms with Gasteiger partial charge in [0.1, 0.15) is 6.34 Å². The largest absolute Gasteiger partial charge is 0.245 e. The van der Waals surface area contributed by atoms with E-state index in [1.165, 1.54) is 0 Å². The van der Waals surface area contributed by atoms with Crippen molar-refractivity contribution >= 4 is 23.8 Å². The summed E-state index contributed by atoms with van der Waals surface area (Å²) in [5, 5.41) is 2.50. The molecule has 0 aromatic heterocycles. The second-order valence-electron chi connectivity index (χ2n) is 3.04. The van der Waals surface area contributed by atoms with Crippen molar-refractivity contribution in [3.05, 3.63) is 23.3 Å². The van der Waals surface area contributed by atoms with Crippen molar-refractivity contribution < 1.29 is 0 Å². The summed E-state index contributed by atoms with van der Waals surface area (Å²) in [6.07, 6.45) is 1.58. The summed E-state index contributed by atoms with van der Waals surface area (Å²) in [6, 6.07) is 0. The molecule has 1 heterocycles. The van der Waals surface area contributed by atoms with Gasteiger partial charge in [0, 0.05) is 11.0 Å². The molecule has 1 atom stereocenters. The predicted octanol–water partition coefficient (Wildman–Crippen LogP) is 3.03. The van der Waals surface area contributed by atoms with E-state index in [2.05, 4.69) is 28.9 Å². The first-order valence-corrected chi connectivity index (χ1v) is 5.14. The molecule has 0 aromatic carbocycles. The first kappa shape index (κ1) is 10.3. The van der Waals surface area contributed by atoms with Crippen molar-refractivity contribution in [1.82, 2.24) is 0 Å². The molecule has 0 saturated heterocycles. The van der Waals surface area contributed by atoms with Crippen LogP contribution in [0.2, 0.25) is 0 Å². The molecule has 13 heavy (non-hydrogen) atoms. The molecule has 0 aromatic rings. The molecule has 70 valence electrons. The first-order valence-electron chi connectivity index (χ1n) is 4.19. The number of hydrogen-bond acceptors (Lipinski definition) is 3. The zero-order valence-corrected chi connectivity index (χ0v) is 9.06. The summed E-state index contributed by atoms with van der Waals surface area (Å²) < 4.78 is 0. The summed E-state index contributed by atoms with van der Waals surface area (Å²) >= 11 is 1.75. The van der Waals surface area contributed by atoms with Crippen LogP contribution in [0.15, 0.2) is 33.2 Å². The molecular formula is C10H14N2S. The highest BCUT2D eigenvalue weighted by atomic mass is 32.2. The standard InChI is InChI=1S/C10H14N2S/c1-7-5-13-10(4)9(3)12-6-11-8(7)2/h5-6,10H,2H2,1,3-4H3/b7-5-,11-6-,12-9-. The lowest BCUT2D eigenvalue weighted by molar-refractivity contribution is 1.29. The zero-order chi connectivity index (χ0) is 9.84. The van der Waals surface area contributed by atoms with E-state index in [0.29, 0.717) is 5.25 Å². The van der Waals surface area contributed by atoms with E-state index >= 15 is 0 Å². The molecular weight excluding hydrogens is 180 g/mol. The van der Waals surface area contributed by atoms with Gasteiger partial charge in [-0.05, 0) is 31.8 Å². The first-order chi connectivity index (χ1) is 6.11. The van der Waals surface area contributed by atoms with Crippen LogP contribution >= 0.6 is 11.8 Å². The van der Waals surface area contributed by atoms with Crippen molar-refractivity contribution in [2.24, 2.45) is 9.98 Å². The van der Waals surface area contributed by atoms with Crippen LogP contribution in [0.5, 0.6) is 0 Å². The van der Waals surface area contributed by atoms with E-state index in [1.54, 1.807) is 18.1 Å². The average Bonchev–Trinajstić information content (AvgIpc) is 2.15. The summed E-state index contributed by atoms with van der Waals surface area (Å²) in [5.74, 6) is 0. The van der Waals surface area contributed by atoms with Crippen LogP contribution in [-0.2, 0) is 0 Å². The van der Waals surface area contributed by atoms with Crippen LogP contribution in [0.25, 0.3) is 0 Å². The van der Waals surface area contributed by atoms with Gasteiger partial charge in [-0.3, -0.25) is 0 Å². The number of rotatable bonds is 0. The zero-order valence-electron chi connectivity index (χ0n) is 8.24. The Balaban J connectivity index is 2.93. The smallest absolute Gasteiger partial charge is 0.115 e. The van der Waals surface area contributed by atoms with E-state index in [-0.39, 0.29) is 0 Å². The van der Waals surface area contributed by atoms with Gasteiger partial charge < -0.3 is 0 Å². The van der Waals surface area contributed by atoms with E-state index in [4.69, 9.17) is 0 Å². The summed E-state index contributed by atoms with van der Waals surface area (Å²) in [7, 11) is 0. The minimum atomic E-state index is 0.410. The molecule has 0 aliphatic carbocycles. The molecule has 1 aliphatic heterocycles. The molecule has 1 aliphatic rings. The minimum Gasteiger partial charge on any atom is -0.245 e. The van der Waals surface area contributed by atoms with Crippen LogP contribution in [0.3, 0.4) is 0 Å². The summed E-state index contributed by atoms with van der Waals surface area (Å²) in [4.78, 5) is 8.34. The predicted molar refractivity (Wildman–Crippen MR) is 61.6 cm³/mol. The topological polar surface area (TPSA) is 24.7 Å². The fraction of sp³-hybridized carbons (Fsp3) is 0.400. The van der Waals surface area contributed by atoms with Gasteiger partial charge in [0.25, 0.3) is 0 Å². The van der Waals surface area contributed by atoms with Crippen molar-refractivity contribution in [2.75, 3.05) is 0 Å². The molecule has 1 unspecified atom stereocenters. The Morgan fingerprint density at radius 2 is 2.15 bits per heavy atom. The van der Waals surface area contributed by atoms with E-state index in [1.807, 2.05) is 13.8 Å². The molecule has 0 radical (unpaired) electrons. The lowest BCUT2D eigenvalue weighted by Crippen LogP contribution is -2.07. The number of nitrogens with zero attached hydrogens (tertiary/aromatic N) is 2. The average molecular weight is 194 g/mol. The SMILES string of the molecule is C=C1/N=C\N=C(\C)C(C)S/C=C\1C. The fourth-order valence-electron chi connectivity index (χ4n) is 0.767. The third-order valence-corrected chi connectivity index (χ3v) is 3.21. The maximum absolute atomic E-state index is 4.22. The van der Waals surface area contributed by atoms with Gasteiger partial charge in [-0.25, -0.2) is 9.98 Å².